The van der Waals surface area contributed by atoms with Crippen LogP contribution in [0.25, 0.3) is 0 Å². The number of rotatable bonds is 15. The lowest BCUT2D eigenvalue weighted by molar-refractivity contribution is 0.0953. The maximum atomic E-state index is 12.8. The average molecular weight is 411 g/mol. The average Bonchev–Trinajstić information content (AvgIpc) is 2.69. The SMILES string of the molecule is CCCCCCCCCNC(=O)c1ccc(S(=O)(=O)N(CCC)CCC)cc1. The van der Waals surface area contributed by atoms with E-state index in [4.69, 9.17) is 0 Å². The third kappa shape index (κ3) is 8.31. The Balaban J connectivity index is 2.51. The van der Waals surface area contributed by atoms with Crippen LogP contribution in [0.3, 0.4) is 0 Å². The van der Waals surface area contributed by atoms with Crippen molar-refractivity contribution >= 4 is 15.9 Å². The third-order valence-electron chi connectivity index (χ3n) is 4.77. The van der Waals surface area contributed by atoms with E-state index < -0.39 is 10.0 Å². The van der Waals surface area contributed by atoms with Crippen molar-refractivity contribution < 1.29 is 13.2 Å². The number of amides is 1. The van der Waals surface area contributed by atoms with Crippen molar-refractivity contribution in [2.45, 2.75) is 83.5 Å². The van der Waals surface area contributed by atoms with Crippen LogP contribution < -0.4 is 5.32 Å². The molecule has 160 valence electrons. The number of hydrogen-bond acceptors (Lipinski definition) is 3. The lowest BCUT2D eigenvalue weighted by Gasteiger charge is -2.21. The molecule has 0 aliphatic heterocycles. The molecule has 0 radical (unpaired) electrons. The molecule has 1 aromatic carbocycles. The Morgan fingerprint density at radius 1 is 0.821 bits per heavy atom. The van der Waals surface area contributed by atoms with Crippen molar-refractivity contribution in [3.05, 3.63) is 29.8 Å². The molecule has 0 heterocycles. The molecule has 0 saturated carbocycles. The monoisotopic (exact) mass is 410 g/mol. The Morgan fingerprint density at radius 3 is 1.89 bits per heavy atom. The molecule has 1 aromatic rings. The fourth-order valence-corrected chi connectivity index (χ4v) is 4.79. The second-order valence-electron chi connectivity index (χ2n) is 7.31. The van der Waals surface area contributed by atoms with E-state index in [1.54, 1.807) is 12.1 Å². The molecule has 1 N–H and O–H groups in total. The van der Waals surface area contributed by atoms with Crippen LogP contribution in [0.15, 0.2) is 29.2 Å². The van der Waals surface area contributed by atoms with Crippen LogP contribution in [0.1, 0.15) is 88.9 Å². The highest BCUT2D eigenvalue weighted by Crippen LogP contribution is 2.17. The van der Waals surface area contributed by atoms with Gasteiger partial charge in [-0.25, -0.2) is 8.42 Å². The molecule has 0 fully saturated rings. The van der Waals surface area contributed by atoms with Gasteiger partial charge < -0.3 is 5.32 Å². The fourth-order valence-electron chi connectivity index (χ4n) is 3.16. The van der Waals surface area contributed by atoms with Gasteiger partial charge in [0.15, 0.2) is 0 Å². The molecule has 0 aliphatic carbocycles. The molecule has 6 heteroatoms. The quantitative estimate of drug-likeness (QED) is 0.415. The van der Waals surface area contributed by atoms with E-state index in [1.807, 2.05) is 13.8 Å². The Bertz CT molecular complexity index is 651. The number of unbranched alkanes of at least 4 members (excludes halogenated alkanes) is 6. The van der Waals surface area contributed by atoms with E-state index in [9.17, 15) is 13.2 Å². The molecule has 5 nitrogen and oxygen atoms in total. The number of nitrogens with zero attached hydrogens (tertiary/aromatic N) is 1. The standard InChI is InChI=1S/C22H38N2O3S/c1-4-7-8-9-10-11-12-17-23-22(25)20-13-15-21(16-14-20)28(26,27)24(18-5-2)19-6-3/h13-16H,4-12,17-19H2,1-3H3,(H,23,25). The molecular weight excluding hydrogens is 372 g/mol. The number of carbonyl (C=O) groups is 1. The summed E-state index contributed by atoms with van der Waals surface area (Å²) in [6.07, 6.45) is 10.0. The number of nitrogens with one attached hydrogen (secondary N) is 1. The number of hydrogen-bond donors (Lipinski definition) is 1. The van der Waals surface area contributed by atoms with Crippen molar-refractivity contribution in [3.63, 3.8) is 0 Å². The molecular formula is C22H38N2O3S. The van der Waals surface area contributed by atoms with Gasteiger partial charge in [0.2, 0.25) is 10.0 Å². The number of carbonyl (C=O) groups excluding carboxylic acids is 1. The van der Waals surface area contributed by atoms with Crippen molar-refractivity contribution in [3.8, 4) is 0 Å². The predicted octanol–water partition coefficient (Wildman–Crippen LogP) is 4.98. The third-order valence-corrected chi connectivity index (χ3v) is 6.68. The molecule has 1 amide bonds. The predicted molar refractivity (Wildman–Crippen MR) is 116 cm³/mol. The van der Waals surface area contributed by atoms with E-state index in [-0.39, 0.29) is 10.8 Å². The van der Waals surface area contributed by atoms with E-state index in [0.717, 1.165) is 25.7 Å². The van der Waals surface area contributed by atoms with Gasteiger partial charge in [-0.2, -0.15) is 4.31 Å². The summed E-state index contributed by atoms with van der Waals surface area (Å²) in [6, 6.07) is 6.28. The van der Waals surface area contributed by atoms with Gasteiger partial charge in [-0.05, 0) is 43.5 Å². The fraction of sp³-hybridized carbons (Fsp3) is 0.682. The molecule has 1 rings (SSSR count). The smallest absolute Gasteiger partial charge is 0.251 e. The van der Waals surface area contributed by atoms with Crippen LogP contribution in [0.5, 0.6) is 0 Å². The molecule has 0 aliphatic rings. The highest BCUT2D eigenvalue weighted by Gasteiger charge is 2.23. The topological polar surface area (TPSA) is 66.5 Å². The zero-order valence-corrected chi connectivity index (χ0v) is 18.7. The van der Waals surface area contributed by atoms with Crippen LogP contribution in [0.4, 0.5) is 0 Å². The summed E-state index contributed by atoms with van der Waals surface area (Å²) in [5, 5.41) is 2.92. The Kier molecular flexibility index (Phi) is 12.1. The van der Waals surface area contributed by atoms with E-state index in [0.29, 0.717) is 25.2 Å². The zero-order valence-electron chi connectivity index (χ0n) is 17.9. The second-order valence-corrected chi connectivity index (χ2v) is 9.24. The summed E-state index contributed by atoms with van der Waals surface area (Å²) in [5.74, 6) is -0.145. The molecule has 28 heavy (non-hydrogen) atoms. The summed E-state index contributed by atoms with van der Waals surface area (Å²) in [7, 11) is -3.50. The van der Waals surface area contributed by atoms with Crippen molar-refractivity contribution in [1.29, 1.82) is 0 Å². The first-order valence-electron chi connectivity index (χ1n) is 10.9. The lowest BCUT2D eigenvalue weighted by Crippen LogP contribution is -2.32. The van der Waals surface area contributed by atoms with E-state index in [2.05, 4.69) is 12.2 Å². The number of sulfonamides is 1. The first-order chi connectivity index (χ1) is 13.5. The van der Waals surface area contributed by atoms with Gasteiger partial charge in [0.25, 0.3) is 5.91 Å². The Morgan fingerprint density at radius 2 is 1.36 bits per heavy atom. The minimum absolute atomic E-state index is 0.145. The molecule has 0 aromatic heterocycles. The largest absolute Gasteiger partial charge is 0.352 e. The van der Waals surface area contributed by atoms with Gasteiger partial charge in [0.1, 0.15) is 0 Å². The lowest BCUT2D eigenvalue weighted by atomic mass is 10.1. The minimum atomic E-state index is -3.50. The maximum Gasteiger partial charge on any atom is 0.251 e. The van der Waals surface area contributed by atoms with Gasteiger partial charge in [0, 0.05) is 25.2 Å². The van der Waals surface area contributed by atoms with Crippen molar-refractivity contribution in [2.24, 2.45) is 0 Å². The van der Waals surface area contributed by atoms with Gasteiger partial charge >= 0.3 is 0 Å². The van der Waals surface area contributed by atoms with Crippen LogP contribution in [0.2, 0.25) is 0 Å². The molecule has 0 unspecified atom stereocenters. The first kappa shape index (κ1) is 24.6. The minimum Gasteiger partial charge on any atom is -0.352 e. The zero-order chi connectivity index (χ0) is 20.8. The molecule has 0 bridgehead atoms. The van der Waals surface area contributed by atoms with Crippen molar-refractivity contribution in [1.82, 2.24) is 9.62 Å². The highest BCUT2D eigenvalue weighted by molar-refractivity contribution is 7.89. The van der Waals surface area contributed by atoms with Crippen LogP contribution in [-0.4, -0.2) is 38.3 Å². The summed E-state index contributed by atoms with van der Waals surface area (Å²) >= 11 is 0. The van der Waals surface area contributed by atoms with Gasteiger partial charge in [-0.1, -0.05) is 59.3 Å². The summed E-state index contributed by atoms with van der Waals surface area (Å²) in [6.45, 7) is 7.83. The Hall–Kier alpha value is -1.40. The summed E-state index contributed by atoms with van der Waals surface area (Å²) in [4.78, 5) is 12.5. The van der Waals surface area contributed by atoms with Gasteiger partial charge in [0.05, 0.1) is 4.90 Å². The van der Waals surface area contributed by atoms with Crippen LogP contribution >= 0.6 is 0 Å². The Labute approximate surface area is 172 Å². The van der Waals surface area contributed by atoms with Crippen LogP contribution in [0, 0.1) is 0 Å². The van der Waals surface area contributed by atoms with Gasteiger partial charge in [-0.3, -0.25) is 4.79 Å². The highest BCUT2D eigenvalue weighted by atomic mass is 32.2. The summed E-state index contributed by atoms with van der Waals surface area (Å²) in [5.41, 5.74) is 0.499. The van der Waals surface area contributed by atoms with Crippen LogP contribution in [-0.2, 0) is 10.0 Å². The normalized spacial score (nSPS) is 11.7. The second kappa shape index (κ2) is 13.7. The maximum absolute atomic E-state index is 12.8. The summed E-state index contributed by atoms with van der Waals surface area (Å²) < 4.78 is 27.0. The molecule has 0 saturated heterocycles. The van der Waals surface area contributed by atoms with E-state index in [1.165, 1.54) is 48.5 Å². The van der Waals surface area contributed by atoms with E-state index >= 15 is 0 Å². The van der Waals surface area contributed by atoms with Crippen molar-refractivity contribution in [2.75, 3.05) is 19.6 Å². The first-order valence-corrected chi connectivity index (χ1v) is 12.3. The molecule has 0 spiro atoms. The van der Waals surface area contributed by atoms with Gasteiger partial charge in [-0.15, -0.1) is 0 Å². The number of benzene rings is 1. The molecule has 0 atom stereocenters.